The molecule has 0 heterocycles. The van der Waals surface area contributed by atoms with E-state index in [0.29, 0.717) is 12.9 Å². The van der Waals surface area contributed by atoms with Gasteiger partial charge in [0.1, 0.15) is 12.9 Å². The minimum Gasteiger partial charge on any atom is -0.374 e. The number of aldehydes is 1. The fraction of sp³-hybridized carbons (Fsp3) is 0.667. The molecule has 0 aliphatic rings. The van der Waals surface area contributed by atoms with Gasteiger partial charge >= 0.3 is 0 Å². The van der Waals surface area contributed by atoms with Gasteiger partial charge in [-0.05, 0) is 6.92 Å². The van der Waals surface area contributed by atoms with Crippen molar-refractivity contribution in [2.75, 3.05) is 13.2 Å². The van der Waals surface area contributed by atoms with Crippen LogP contribution in [0, 0.1) is 0 Å². The van der Waals surface area contributed by atoms with Crippen LogP contribution in [0.5, 0.6) is 0 Å². The average Bonchev–Trinajstić information content (AvgIpc) is 1.85. The minimum absolute atomic E-state index is 0.0278. The largest absolute Gasteiger partial charge is 0.374 e. The molecule has 0 rings (SSSR count). The summed E-state index contributed by atoms with van der Waals surface area (Å²) in [7, 11) is 0. The van der Waals surface area contributed by atoms with E-state index >= 15 is 0 Å². The first-order valence-corrected chi connectivity index (χ1v) is 2.84. The third kappa shape index (κ3) is 5.17. The van der Waals surface area contributed by atoms with Crippen LogP contribution in [0.2, 0.25) is 0 Å². The summed E-state index contributed by atoms with van der Waals surface area (Å²) in [6.45, 7) is 2.38. The van der Waals surface area contributed by atoms with Crippen LogP contribution in [0.1, 0.15) is 13.3 Å². The number of rotatable bonds is 5. The minimum atomic E-state index is -0.160. The first kappa shape index (κ1) is 8.30. The van der Waals surface area contributed by atoms with Crippen molar-refractivity contribution >= 4 is 12.1 Å². The molecule has 0 unspecified atom stereocenters. The Labute approximate surface area is 54.0 Å². The van der Waals surface area contributed by atoms with Crippen molar-refractivity contribution < 1.29 is 14.3 Å². The van der Waals surface area contributed by atoms with E-state index in [4.69, 9.17) is 4.74 Å². The molecule has 0 N–H and O–H groups in total. The van der Waals surface area contributed by atoms with Crippen LogP contribution in [0.25, 0.3) is 0 Å². The van der Waals surface area contributed by atoms with Crippen LogP contribution < -0.4 is 0 Å². The van der Waals surface area contributed by atoms with Gasteiger partial charge in [0.25, 0.3) is 0 Å². The third-order valence-corrected chi connectivity index (χ3v) is 0.778. The molecule has 9 heavy (non-hydrogen) atoms. The third-order valence-electron chi connectivity index (χ3n) is 0.778. The lowest BCUT2D eigenvalue weighted by atomic mass is 10.3. The van der Waals surface area contributed by atoms with E-state index in [-0.39, 0.29) is 18.8 Å². The van der Waals surface area contributed by atoms with Gasteiger partial charge in [-0.15, -0.1) is 0 Å². The number of hydrogen-bond acceptors (Lipinski definition) is 3. The van der Waals surface area contributed by atoms with Crippen molar-refractivity contribution in [1.82, 2.24) is 0 Å². The van der Waals surface area contributed by atoms with E-state index in [9.17, 15) is 9.59 Å². The van der Waals surface area contributed by atoms with Gasteiger partial charge in [0, 0.05) is 6.61 Å². The van der Waals surface area contributed by atoms with Gasteiger partial charge in [0.15, 0.2) is 5.78 Å². The second-order valence-corrected chi connectivity index (χ2v) is 1.55. The lowest BCUT2D eigenvalue weighted by Gasteiger charge is -1.94. The molecule has 0 aliphatic heterocycles. The van der Waals surface area contributed by atoms with E-state index in [2.05, 4.69) is 0 Å². The average molecular weight is 130 g/mol. The molecule has 0 aliphatic carbocycles. The number of ether oxygens (including phenoxy) is 1. The summed E-state index contributed by atoms with van der Waals surface area (Å²) in [5.41, 5.74) is 0. The zero-order valence-electron chi connectivity index (χ0n) is 5.42. The highest BCUT2D eigenvalue weighted by Crippen LogP contribution is 1.79. The number of hydrogen-bond donors (Lipinski definition) is 0. The van der Waals surface area contributed by atoms with Crippen molar-refractivity contribution in [1.29, 1.82) is 0 Å². The zero-order chi connectivity index (χ0) is 7.11. The summed E-state index contributed by atoms with van der Waals surface area (Å²) in [5, 5.41) is 0. The molecule has 0 aromatic carbocycles. The molecule has 0 amide bonds. The summed E-state index contributed by atoms with van der Waals surface area (Å²) in [4.78, 5) is 20.1. The number of ketones is 1. The Bertz CT molecular complexity index is 98.5. The fourth-order valence-corrected chi connectivity index (χ4v) is 0.368. The summed E-state index contributed by atoms with van der Waals surface area (Å²) in [5.74, 6) is -0.160. The van der Waals surface area contributed by atoms with Gasteiger partial charge in [0.05, 0.1) is 6.42 Å². The topological polar surface area (TPSA) is 43.4 Å². The van der Waals surface area contributed by atoms with Gasteiger partial charge in [-0.3, -0.25) is 4.79 Å². The molecule has 0 aromatic heterocycles. The lowest BCUT2D eigenvalue weighted by molar-refractivity contribution is -0.125. The van der Waals surface area contributed by atoms with E-state index in [1.165, 1.54) is 0 Å². The number of carbonyl (C=O) groups is 2. The Hall–Kier alpha value is -0.700. The fourth-order valence-electron chi connectivity index (χ4n) is 0.368. The van der Waals surface area contributed by atoms with Gasteiger partial charge in [0.2, 0.25) is 0 Å². The predicted octanol–water partition coefficient (Wildman–Crippen LogP) is 0.181. The maximum Gasteiger partial charge on any atom is 0.165 e. The number of Topliss-reactive ketones (excluding diaryl/α,β-unsaturated/α-hetero) is 1. The van der Waals surface area contributed by atoms with Crippen LogP contribution in [0.15, 0.2) is 0 Å². The van der Waals surface area contributed by atoms with Crippen molar-refractivity contribution in [2.24, 2.45) is 0 Å². The van der Waals surface area contributed by atoms with E-state index in [1.54, 1.807) is 6.92 Å². The normalized spacial score (nSPS) is 9.00. The van der Waals surface area contributed by atoms with Crippen LogP contribution in [-0.2, 0) is 14.3 Å². The SMILES string of the molecule is CCOCC(=O)CC=O. The van der Waals surface area contributed by atoms with E-state index in [1.807, 2.05) is 0 Å². The van der Waals surface area contributed by atoms with Crippen molar-refractivity contribution in [3.63, 3.8) is 0 Å². The maximum atomic E-state index is 10.4. The van der Waals surface area contributed by atoms with Gasteiger partial charge in [-0.1, -0.05) is 0 Å². The van der Waals surface area contributed by atoms with Crippen molar-refractivity contribution in [2.45, 2.75) is 13.3 Å². The Morgan fingerprint density at radius 2 is 2.33 bits per heavy atom. The molecule has 0 spiro atoms. The Morgan fingerprint density at radius 1 is 1.67 bits per heavy atom. The predicted molar refractivity (Wildman–Crippen MR) is 32.2 cm³/mol. The highest BCUT2D eigenvalue weighted by molar-refractivity contribution is 5.90. The molecule has 3 heteroatoms. The smallest absolute Gasteiger partial charge is 0.165 e. The molecule has 0 saturated heterocycles. The summed E-state index contributed by atoms with van der Waals surface area (Å²) >= 11 is 0. The molecule has 0 aromatic rings. The summed E-state index contributed by atoms with van der Waals surface area (Å²) in [6.07, 6.45) is 0.557. The van der Waals surface area contributed by atoms with Gasteiger partial charge in [-0.25, -0.2) is 0 Å². The molecule has 0 radical (unpaired) electrons. The summed E-state index contributed by atoms with van der Waals surface area (Å²) in [6, 6.07) is 0. The molecule has 3 nitrogen and oxygen atoms in total. The molecule has 0 atom stereocenters. The Morgan fingerprint density at radius 3 is 2.78 bits per heavy atom. The van der Waals surface area contributed by atoms with Crippen LogP contribution >= 0.6 is 0 Å². The van der Waals surface area contributed by atoms with Crippen LogP contribution in [0.4, 0.5) is 0 Å². The van der Waals surface area contributed by atoms with Gasteiger partial charge < -0.3 is 9.53 Å². The van der Waals surface area contributed by atoms with Crippen LogP contribution in [0.3, 0.4) is 0 Å². The zero-order valence-corrected chi connectivity index (χ0v) is 5.42. The lowest BCUT2D eigenvalue weighted by Crippen LogP contribution is -2.08. The quantitative estimate of drug-likeness (QED) is 0.394. The van der Waals surface area contributed by atoms with Crippen molar-refractivity contribution in [3.8, 4) is 0 Å². The highest BCUT2D eigenvalue weighted by atomic mass is 16.5. The first-order valence-electron chi connectivity index (χ1n) is 2.84. The highest BCUT2D eigenvalue weighted by Gasteiger charge is 1.97. The monoisotopic (exact) mass is 130 g/mol. The molecule has 0 saturated carbocycles. The molecular formula is C6H10O3. The molecule has 52 valence electrons. The number of carbonyl (C=O) groups excluding carboxylic acids is 2. The second kappa shape index (κ2) is 5.44. The Balaban J connectivity index is 3.16. The van der Waals surface area contributed by atoms with Crippen LogP contribution in [-0.4, -0.2) is 25.3 Å². The van der Waals surface area contributed by atoms with E-state index < -0.39 is 0 Å². The van der Waals surface area contributed by atoms with E-state index in [0.717, 1.165) is 0 Å². The Kier molecular flexibility index (Phi) is 5.01. The first-order chi connectivity index (χ1) is 4.31. The molecule has 0 bridgehead atoms. The standard InChI is InChI=1S/C6H10O3/c1-2-9-5-6(8)3-4-7/h4H,2-3,5H2,1H3. The molecular weight excluding hydrogens is 120 g/mol. The maximum absolute atomic E-state index is 10.4. The van der Waals surface area contributed by atoms with Crippen molar-refractivity contribution in [3.05, 3.63) is 0 Å². The van der Waals surface area contributed by atoms with Gasteiger partial charge in [-0.2, -0.15) is 0 Å². The summed E-state index contributed by atoms with van der Waals surface area (Å²) < 4.78 is 4.74. The molecule has 0 fully saturated rings. The second-order valence-electron chi connectivity index (χ2n) is 1.55.